The molecule has 0 saturated heterocycles. The lowest BCUT2D eigenvalue weighted by Crippen LogP contribution is -2.20. The summed E-state index contributed by atoms with van der Waals surface area (Å²) < 4.78 is 5.24. The van der Waals surface area contributed by atoms with Crippen molar-refractivity contribution in [3.8, 4) is 21.8 Å². The van der Waals surface area contributed by atoms with E-state index in [1.54, 1.807) is 47.7 Å². The van der Waals surface area contributed by atoms with E-state index in [1.807, 2.05) is 47.8 Å². The highest BCUT2D eigenvalue weighted by Gasteiger charge is 2.14. The molecule has 5 nitrogen and oxygen atoms in total. The minimum Gasteiger partial charge on any atom is -0.422 e. The number of amides is 1. The second-order valence-corrected chi connectivity index (χ2v) is 8.36. The molecule has 3 aromatic carbocycles. The largest absolute Gasteiger partial charge is 0.422 e. The van der Waals surface area contributed by atoms with Gasteiger partial charge < -0.3 is 9.73 Å². The number of para-hydroxylation sites is 1. The van der Waals surface area contributed by atoms with Crippen LogP contribution in [0.2, 0.25) is 5.02 Å². The zero-order valence-electron chi connectivity index (χ0n) is 16.5. The molecule has 0 saturated carbocycles. The molecule has 1 amide bonds. The zero-order chi connectivity index (χ0) is 22.1. The van der Waals surface area contributed by atoms with Crippen molar-refractivity contribution < 1.29 is 9.21 Å². The number of anilines is 1. The summed E-state index contributed by atoms with van der Waals surface area (Å²) in [5.41, 5.74) is 3.07. The highest BCUT2D eigenvalue weighted by molar-refractivity contribution is 7.13. The maximum atomic E-state index is 12.6. The van der Waals surface area contributed by atoms with Gasteiger partial charge in [-0.3, -0.25) is 4.79 Å². The molecular weight excluding hydrogens is 444 g/mol. The van der Waals surface area contributed by atoms with Gasteiger partial charge in [-0.15, -0.1) is 11.3 Å². The second kappa shape index (κ2) is 8.42. The number of nitrogens with one attached hydrogen (secondary N) is 1. The van der Waals surface area contributed by atoms with Crippen LogP contribution in [0.25, 0.3) is 32.8 Å². The van der Waals surface area contributed by atoms with Gasteiger partial charge in [0.1, 0.15) is 16.2 Å². The Kier molecular flexibility index (Phi) is 5.31. The van der Waals surface area contributed by atoms with Crippen LogP contribution >= 0.6 is 22.9 Å². The predicted octanol–water partition coefficient (Wildman–Crippen LogP) is 6.49. The van der Waals surface area contributed by atoms with Crippen molar-refractivity contribution in [3.05, 3.63) is 105 Å². The highest BCUT2D eigenvalue weighted by atomic mass is 35.5. The number of carbonyl (C=O) groups excluding carboxylic acids is 1. The highest BCUT2D eigenvalue weighted by Crippen LogP contribution is 2.30. The molecule has 0 atom stereocenters. The van der Waals surface area contributed by atoms with E-state index in [0.717, 1.165) is 21.8 Å². The summed E-state index contributed by atoms with van der Waals surface area (Å²) in [4.78, 5) is 29.5. The van der Waals surface area contributed by atoms with Crippen molar-refractivity contribution in [1.82, 2.24) is 4.98 Å². The fourth-order valence-corrected chi connectivity index (χ4v) is 4.24. The summed E-state index contributed by atoms with van der Waals surface area (Å²) in [6.07, 6.45) is 0. The maximum Gasteiger partial charge on any atom is 0.349 e. The molecule has 0 spiro atoms. The van der Waals surface area contributed by atoms with Crippen molar-refractivity contribution in [1.29, 1.82) is 0 Å². The topological polar surface area (TPSA) is 72.2 Å². The molecule has 32 heavy (non-hydrogen) atoms. The Labute approximate surface area is 191 Å². The van der Waals surface area contributed by atoms with Crippen LogP contribution in [0.5, 0.6) is 0 Å². The number of halogens is 1. The molecule has 5 rings (SSSR count). The number of hydrogen-bond donors (Lipinski definition) is 1. The lowest BCUT2D eigenvalue weighted by atomic mass is 10.1. The number of fused-ring (bicyclic) bond motifs is 1. The fraction of sp³-hybridized carbons (Fsp3) is 0. The van der Waals surface area contributed by atoms with Crippen LogP contribution in [-0.4, -0.2) is 10.9 Å². The Morgan fingerprint density at radius 2 is 1.66 bits per heavy atom. The first-order valence-corrected chi connectivity index (χ1v) is 11.0. The van der Waals surface area contributed by atoms with Crippen molar-refractivity contribution in [2.24, 2.45) is 0 Å². The van der Waals surface area contributed by atoms with Gasteiger partial charge in [0.25, 0.3) is 5.91 Å². The summed E-state index contributed by atoms with van der Waals surface area (Å²) in [7, 11) is 0. The zero-order valence-corrected chi connectivity index (χ0v) is 18.1. The van der Waals surface area contributed by atoms with E-state index < -0.39 is 11.5 Å². The lowest BCUT2D eigenvalue weighted by molar-refractivity contribution is 0.102. The Morgan fingerprint density at radius 1 is 0.938 bits per heavy atom. The van der Waals surface area contributed by atoms with Crippen molar-refractivity contribution in [2.45, 2.75) is 0 Å². The number of rotatable bonds is 4. The van der Waals surface area contributed by atoms with Gasteiger partial charge in [-0.25, -0.2) is 9.78 Å². The number of benzene rings is 3. The Balaban J connectivity index is 1.34. The van der Waals surface area contributed by atoms with Crippen LogP contribution < -0.4 is 10.9 Å². The van der Waals surface area contributed by atoms with E-state index in [2.05, 4.69) is 5.32 Å². The molecule has 0 radical (unpaired) electrons. The van der Waals surface area contributed by atoms with Gasteiger partial charge in [-0.2, -0.15) is 0 Å². The average Bonchev–Trinajstić information content (AvgIpc) is 3.30. The summed E-state index contributed by atoms with van der Waals surface area (Å²) in [5.74, 6) is -0.518. The number of hydrogen-bond acceptors (Lipinski definition) is 5. The normalized spacial score (nSPS) is 10.9. The smallest absolute Gasteiger partial charge is 0.349 e. The van der Waals surface area contributed by atoms with Gasteiger partial charge in [0.05, 0.1) is 5.69 Å². The van der Waals surface area contributed by atoms with Gasteiger partial charge in [-0.1, -0.05) is 54.1 Å². The van der Waals surface area contributed by atoms with E-state index in [-0.39, 0.29) is 5.56 Å². The van der Waals surface area contributed by atoms with Crippen LogP contribution in [-0.2, 0) is 0 Å². The molecule has 0 fully saturated rings. The number of carbonyl (C=O) groups is 1. The van der Waals surface area contributed by atoms with Gasteiger partial charge in [-0.05, 0) is 36.4 Å². The summed E-state index contributed by atoms with van der Waals surface area (Å²) in [6, 6.07) is 23.5. The average molecular weight is 459 g/mol. The van der Waals surface area contributed by atoms with Gasteiger partial charge >= 0.3 is 5.63 Å². The van der Waals surface area contributed by atoms with Crippen LogP contribution in [0.3, 0.4) is 0 Å². The standard InChI is InChI=1S/C25H15ClN2O3S/c26-18-9-5-16(6-10-18)24-28-21(14-32-24)15-7-11-19(12-8-15)27-23(29)20-13-17-3-1-2-4-22(17)31-25(20)30/h1-14H,(H,27,29). The number of thiazole rings is 1. The van der Waals surface area contributed by atoms with Crippen molar-refractivity contribution >= 4 is 45.5 Å². The third kappa shape index (κ3) is 4.06. The molecule has 156 valence electrons. The van der Waals surface area contributed by atoms with Crippen LogP contribution in [0.1, 0.15) is 10.4 Å². The van der Waals surface area contributed by atoms with E-state index >= 15 is 0 Å². The fourth-order valence-electron chi connectivity index (χ4n) is 3.27. The number of aromatic nitrogens is 1. The molecule has 2 heterocycles. The predicted molar refractivity (Wildman–Crippen MR) is 128 cm³/mol. The molecule has 7 heteroatoms. The van der Waals surface area contributed by atoms with Gasteiger partial charge in [0.2, 0.25) is 0 Å². The monoisotopic (exact) mass is 458 g/mol. The molecule has 0 bridgehead atoms. The molecule has 1 N–H and O–H groups in total. The van der Waals surface area contributed by atoms with Crippen molar-refractivity contribution in [3.63, 3.8) is 0 Å². The van der Waals surface area contributed by atoms with E-state index in [9.17, 15) is 9.59 Å². The summed E-state index contributed by atoms with van der Waals surface area (Å²) in [6.45, 7) is 0. The first kappa shape index (κ1) is 20.2. The summed E-state index contributed by atoms with van der Waals surface area (Å²) in [5, 5.41) is 7.01. The first-order valence-electron chi connectivity index (χ1n) is 9.73. The van der Waals surface area contributed by atoms with E-state index in [0.29, 0.717) is 21.7 Å². The molecule has 5 aromatic rings. The third-order valence-corrected chi connectivity index (χ3v) is 6.06. The Morgan fingerprint density at radius 3 is 2.44 bits per heavy atom. The summed E-state index contributed by atoms with van der Waals surface area (Å²) >= 11 is 7.50. The molecule has 0 aliphatic carbocycles. The third-order valence-electron chi connectivity index (χ3n) is 4.92. The molecule has 0 aliphatic heterocycles. The minimum absolute atomic E-state index is 0.0418. The molecule has 0 aliphatic rings. The van der Waals surface area contributed by atoms with Crippen LogP contribution in [0, 0.1) is 0 Å². The van der Waals surface area contributed by atoms with E-state index in [4.69, 9.17) is 21.0 Å². The molecule has 0 unspecified atom stereocenters. The molecule has 2 aromatic heterocycles. The number of nitrogens with zero attached hydrogens (tertiary/aromatic N) is 1. The van der Waals surface area contributed by atoms with Gasteiger partial charge in [0.15, 0.2) is 0 Å². The minimum atomic E-state index is -0.671. The van der Waals surface area contributed by atoms with Crippen LogP contribution in [0.15, 0.2) is 93.5 Å². The van der Waals surface area contributed by atoms with Gasteiger partial charge in [0, 0.05) is 32.6 Å². The van der Waals surface area contributed by atoms with E-state index in [1.165, 1.54) is 0 Å². The Bertz CT molecular complexity index is 1490. The van der Waals surface area contributed by atoms with Crippen molar-refractivity contribution in [2.75, 3.05) is 5.32 Å². The second-order valence-electron chi connectivity index (χ2n) is 7.06. The lowest BCUT2D eigenvalue weighted by Gasteiger charge is -2.06. The Hall–Kier alpha value is -3.74. The van der Waals surface area contributed by atoms with Crippen LogP contribution in [0.4, 0.5) is 5.69 Å². The first-order chi connectivity index (χ1) is 15.6. The maximum absolute atomic E-state index is 12.6. The molecular formula is C25H15ClN2O3S. The SMILES string of the molecule is O=C(Nc1ccc(-c2csc(-c3ccc(Cl)cc3)n2)cc1)c1cc2ccccc2oc1=O. The quantitative estimate of drug-likeness (QED) is 0.312.